The first-order valence-corrected chi connectivity index (χ1v) is 8.61. The van der Waals surface area contributed by atoms with Crippen molar-refractivity contribution in [2.24, 2.45) is 5.92 Å². The largest absolute Gasteiger partial charge is 0.353 e. The van der Waals surface area contributed by atoms with Gasteiger partial charge in [0.1, 0.15) is 5.82 Å². The van der Waals surface area contributed by atoms with Crippen molar-refractivity contribution in [2.75, 3.05) is 31.1 Å². The van der Waals surface area contributed by atoms with Crippen LogP contribution in [0.3, 0.4) is 0 Å². The second-order valence-corrected chi connectivity index (χ2v) is 6.23. The van der Waals surface area contributed by atoms with E-state index >= 15 is 0 Å². The Morgan fingerprint density at radius 2 is 1.83 bits per heavy atom. The average Bonchev–Trinajstić information content (AvgIpc) is 2.67. The number of benzene rings is 1. The number of nitrogens with zero attached hydrogens (tertiary/aromatic N) is 4. The Morgan fingerprint density at radius 1 is 1.12 bits per heavy atom. The van der Waals surface area contributed by atoms with Crippen LogP contribution < -0.4 is 4.90 Å². The van der Waals surface area contributed by atoms with Crippen LogP contribution in [0.4, 0.5) is 5.82 Å². The fourth-order valence-corrected chi connectivity index (χ4v) is 2.89. The minimum atomic E-state index is 0.111. The third-order valence-corrected chi connectivity index (χ3v) is 4.62. The van der Waals surface area contributed by atoms with Crippen LogP contribution in [0.5, 0.6) is 0 Å². The maximum atomic E-state index is 12.3. The molecule has 0 radical (unpaired) electrons. The fraction of sp³-hybridized carbons (Fsp3) is 0.421. The van der Waals surface area contributed by atoms with E-state index in [0.29, 0.717) is 0 Å². The van der Waals surface area contributed by atoms with Crippen molar-refractivity contribution >= 4 is 11.7 Å². The Hall–Kier alpha value is -2.43. The zero-order valence-electron chi connectivity index (χ0n) is 14.4. The van der Waals surface area contributed by atoms with Crippen molar-refractivity contribution in [3.63, 3.8) is 0 Å². The molecule has 2 heterocycles. The molecule has 1 aromatic carbocycles. The summed E-state index contributed by atoms with van der Waals surface area (Å²) in [7, 11) is 0. The van der Waals surface area contributed by atoms with Crippen LogP contribution in [0.15, 0.2) is 42.6 Å². The third kappa shape index (κ3) is 3.55. The predicted molar refractivity (Wildman–Crippen MR) is 95.7 cm³/mol. The lowest BCUT2D eigenvalue weighted by Crippen LogP contribution is -2.50. The fourth-order valence-electron chi connectivity index (χ4n) is 2.89. The minimum Gasteiger partial charge on any atom is -0.353 e. The summed E-state index contributed by atoms with van der Waals surface area (Å²) in [6, 6.07) is 11.9. The summed E-state index contributed by atoms with van der Waals surface area (Å²) < 4.78 is 0. The van der Waals surface area contributed by atoms with Gasteiger partial charge in [-0.15, -0.1) is 0 Å². The molecule has 3 rings (SSSR count). The lowest BCUT2D eigenvalue weighted by Gasteiger charge is -2.36. The van der Waals surface area contributed by atoms with Crippen molar-refractivity contribution in [3.05, 3.63) is 42.6 Å². The number of rotatable bonds is 4. The molecule has 126 valence electrons. The Bertz CT molecular complexity index is 681. The van der Waals surface area contributed by atoms with Crippen molar-refractivity contribution in [3.8, 4) is 11.4 Å². The quantitative estimate of drug-likeness (QED) is 0.868. The van der Waals surface area contributed by atoms with Gasteiger partial charge >= 0.3 is 0 Å². The maximum Gasteiger partial charge on any atom is 0.225 e. The highest BCUT2D eigenvalue weighted by molar-refractivity contribution is 5.78. The first-order valence-electron chi connectivity index (χ1n) is 8.61. The zero-order valence-corrected chi connectivity index (χ0v) is 14.4. The van der Waals surface area contributed by atoms with Crippen LogP contribution in [0.1, 0.15) is 20.3 Å². The molecular weight excluding hydrogens is 300 g/mol. The number of aromatic nitrogens is 2. The lowest BCUT2D eigenvalue weighted by atomic mass is 10.1. The summed E-state index contributed by atoms with van der Waals surface area (Å²) in [6.45, 7) is 7.21. The van der Waals surface area contributed by atoms with E-state index in [-0.39, 0.29) is 11.8 Å². The molecule has 0 saturated carbocycles. The summed E-state index contributed by atoms with van der Waals surface area (Å²) in [6.07, 6.45) is 2.70. The van der Waals surface area contributed by atoms with E-state index in [1.54, 1.807) is 6.20 Å². The Labute approximate surface area is 143 Å². The van der Waals surface area contributed by atoms with E-state index in [1.165, 1.54) is 0 Å². The minimum absolute atomic E-state index is 0.111. The van der Waals surface area contributed by atoms with Crippen LogP contribution in [-0.4, -0.2) is 47.0 Å². The number of amides is 1. The molecule has 1 amide bonds. The Kier molecular flexibility index (Phi) is 5.08. The molecule has 1 aliphatic heterocycles. The van der Waals surface area contributed by atoms with Gasteiger partial charge in [0.05, 0.1) is 0 Å². The number of hydrogen-bond donors (Lipinski definition) is 0. The van der Waals surface area contributed by atoms with Crippen LogP contribution in [-0.2, 0) is 4.79 Å². The monoisotopic (exact) mass is 324 g/mol. The summed E-state index contributed by atoms with van der Waals surface area (Å²) in [5.41, 5.74) is 1.02. The molecule has 1 aliphatic rings. The molecule has 1 aromatic heterocycles. The maximum absolute atomic E-state index is 12.3. The molecule has 0 spiro atoms. The molecule has 0 aliphatic carbocycles. The van der Waals surface area contributed by atoms with Gasteiger partial charge in [-0.1, -0.05) is 44.2 Å². The second kappa shape index (κ2) is 7.43. The molecular formula is C19H24N4O. The predicted octanol–water partition coefficient (Wildman–Crippen LogP) is 2.84. The van der Waals surface area contributed by atoms with Crippen molar-refractivity contribution in [1.29, 1.82) is 0 Å². The standard InChI is InChI=1S/C19H24N4O/c1-3-15(2)19(24)23-13-11-22(12-14-23)17-9-10-20-18(21-17)16-7-5-4-6-8-16/h4-10,15H,3,11-14H2,1-2H3. The first-order chi connectivity index (χ1) is 11.7. The number of anilines is 1. The third-order valence-electron chi connectivity index (χ3n) is 4.62. The van der Waals surface area contributed by atoms with Crippen LogP contribution in [0.25, 0.3) is 11.4 Å². The molecule has 1 saturated heterocycles. The van der Waals surface area contributed by atoms with Gasteiger partial charge in [-0.05, 0) is 12.5 Å². The van der Waals surface area contributed by atoms with E-state index in [9.17, 15) is 4.79 Å². The van der Waals surface area contributed by atoms with Gasteiger partial charge in [-0.25, -0.2) is 9.97 Å². The van der Waals surface area contributed by atoms with Crippen LogP contribution >= 0.6 is 0 Å². The van der Waals surface area contributed by atoms with Gasteiger partial charge in [-0.2, -0.15) is 0 Å². The summed E-state index contributed by atoms with van der Waals surface area (Å²) >= 11 is 0. The van der Waals surface area contributed by atoms with Gasteiger partial charge in [0.15, 0.2) is 5.82 Å². The molecule has 5 nitrogen and oxygen atoms in total. The van der Waals surface area contributed by atoms with Gasteiger partial charge in [0.2, 0.25) is 5.91 Å². The smallest absolute Gasteiger partial charge is 0.225 e. The highest BCUT2D eigenvalue weighted by Crippen LogP contribution is 2.19. The van der Waals surface area contributed by atoms with E-state index in [2.05, 4.69) is 16.8 Å². The topological polar surface area (TPSA) is 49.3 Å². The van der Waals surface area contributed by atoms with Gasteiger partial charge < -0.3 is 9.80 Å². The number of piperazine rings is 1. The number of hydrogen-bond acceptors (Lipinski definition) is 4. The van der Waals surface area contributed by atoms with Crippen LogP contribution in [0, 0.1) is 5.92 Å². The van der Waals surface area contributed by atoms with Crippen molar-refractivity contribution < 1.29 is 4.79 Å². The Morgan fingerprint density at radius 3 is 2.50 bits per heavy atom. The van der Waals surface area contributed by atoms with Gasteiger partial charge in [0, 0.05) is 43.9 Å². The zero-order chi connectivity index (χ0) is 16.9. The summed E-state index contributed by atoms with van der Waals surface area (Å²) in [5.74, 6) is 2.05. The number of carbonyl (C=O) groups is 1. The highest BCUT2D eigenvalue weighted by atomic mass is 16.2. The first kappa shape index (κ1) is 16.4. The molecule has 1 fully saturated rings. The Balaban J connectivity index is 1.68. The van der Waals surface area contributed by atoms with Gasteiger partial charge in [-0.3, -0.25) is 4.79 Å². The number of carbonyl (C=O) groups excluding carboxylic acids is 1. The van der Waals surface area contributed by atoms with E-state index in [4.69, 9.17) is 4.98 Å². The average molecular weight is 324 g/mol. The summed E-state index contributed by atoms with van der Waals surface area (Å²) in [4.78, 5) is 25.6. The van der Waals surface area contributed by atoms with Gasteiger partial charge in [0.25, 0.3) is 0 Å². The highest BCUT2D eigenvalue weighted by Gasteiger charge is 2.24. The van der Waals surface area contributed by atoms with Crippen LogP contribution in [0.2, 0.25) is 0 Å². The normalized spacial score (nSPS) is 16.1. The van der Waals surface area contributed by atoms with Crippen molar-refractivity contribution in [2.45, 2.75) is 20.3 Å². The summed E-state index contributed by atoms with van der Waals surface area (Å²) in [5, 5.41) is 0. The van der Waals surface area contributed by atoms with Crippen molar-refractivity contribution in [1.82, 2.24) is 14.9 Å². The second-order valence-electron chi connectivity index (χ2n) is 6.23. The molecule has 2 aromatic rings. The molecule has 1 unspecified atom stereocenters. The molecule has 1 atom stereocenters. The lowest BCUT2D eigenvalue weighted by molar-refractivity contribution is -0.135. The molecule has 0 N–H and O–H groups in total. The van der Waals surface area contributed by atoms with E-state index in [0.717, 1.165) is 49.8 Å². The molecule has 0 bridgehead atoms. The molecule has 5 heteroatoms. The van der Waals surface area contributed by atoms with E-state index < -0.39 is 0 Å². The SMILES string of the molecule is CCC(C)C(=O)N1CCN(c2ccnc(-c3ccccc3)n2)CC1. The molecule has 24 heavy (non-hydrogen) atoms. The van der Waals surface area contributed by atoms with E-state index in [1.807, 2.05) is 48.2 Å².